The van der Waals surface area contributed by atoms with Gasteiger partial charge in [0.2, 0.25) is 0 Å². The summed E-state index contributed by atoms with van der Waals surface area (Å²) in [7, 11) is 0. The molecule has 1 unspecified atom stereocenters. The maximum Gasteiger partial charge on any atom is 0.121 e. The Labute approximate surface area is 113 Å². The number of phenolic OH excluding ortho intramolecular Hbond substituents is 1. The number of hydrogen-bond acceptors (Lipinski definition) is 5. The Kier molecular flexibility index (Phi) is 3.87. The summed E-state index contributed by atoms with van der Waals surface area (Å²) in [6.07, 6.45) is -0.0604. The van der Waals surface area contributed by atoms with Crippen molar-refractivity contribution >= 4 is 5.69 Å². The van der Waals surface area contributed by atoms with Crippen LogP contribution in [0.25, 0.3) is 0 Å². The van der Waals surface area contributed by atoms with E-state index >= 15 is 0 Å². The summed E-state index contributed by atoms with van der Waals surface area (Å²) in [6.45, 7) is 5.63. The predicted octanol–water partition coefficient (Wildman–Crippen LogP) is 0.890. The summed E-state index contributed by atoms with van der Waals surface area (Å²) < 4.78 is 11.1. The molecule has 2 heterocycles. The van der Waals surface area contributed by atoms with Gasteiger partial charge in [0.15, 0.2) is 0 Å². The average Bonchev–Trinajstić information content (AvgIpc) is 2.49. The lowest BCUT2D eigenvalue weighted by Gasteiger charge is -2.30. The molecule has 2 aliphatic heterocycles. The molecule has 2 aliphatic rings. The highest BCUT2D eigenvalue weighted by molar-refractivity contribution is 5.54. The molecule has 0 saturated carbocycles. The summed E-state index contributed by atoms with van der Waals surface area (Å²) >= 11 is 0. The largest absolute Gasteiger partial charge is 0.508 e. The standard InChI is InChI=1S/C14H20N2O3/c17-13-2-1-11(16-4-7-18-8-5-16)9-12(13)14-10-15-3-6-19-14/h1-2,9,14-15,17H,3-8,10H2. The number of hydrogen-bond donors (Lipinski definition) is 2. The molecule has 5 heteroatoms. The quantitative estimate of drug-likeness (QED) is 0.831. The fraction of sp³-hybridized carbons (Fsp3) is 0.571. The van der Waals surface area contributed by atoms with Crippen molar-refractivity contribution in [1.29, 1.82) is 0 Å². The highest BCUT2D eigenvalue weighted by Crippen LogP contribution is 2.31. The maximum absolute atomic E-state index is 10.0. The Bertz CT molecular complexity index is 427. The highest BCUT2D eigenvalue weighted by atomic mass is 16.5. The van der Waals surface area contributed by atoms with Gasteiger partial charge in [0, 0.05) is 37.4 Å². The third kappa shape index (κ3) is 2.83. The molecule has 3 rings (SSSR count). The second kappa shape index (κ2) is 5.77. The predicted molar refractivity (Wildman–Crippen MR) is 72.7 cm³/mol. The van der Waals surface area contributed by atoms with Crippen LogP contribution in [-0.2, 0) is 9.47 Å². The molecule has 0 aliphatic carbocycles. The summed E-state index contributed by atoms with van der Waals surface area (Å²) in [5.41, 5.74) is 2.00. The topological polar surface area (TPSA) is 54.0 Å². The molecular weight excluding hydrogens is 244 g/mol. The number of benzene rings is 1. The number of aromatic hydroxyl groups is 1. The lowest BCUT2D eigenvalue weighted by Crippen LogP contribution is -2.36. The monoisotopic (exact) mass is 264 g/mol. The molecule has 1 aromatic carbocycles. The second-order valence-electron chi connectivity index (χ2n) is 4.91. The van der Waals surface area contributed by atoms with Crippen molar-refractivity contribution in [2.45, 2.75) is 6.10 Å². The first-order valence-corrected chi connectivity index (χ1v) is 6.82. The minimum absolute atomic E-state index is 0.0604. The van der Waals surface area contributed by atoms with Crippen LogP contribution in [0.4, 0.5) is 5.69 Å². The zero-order valence-electron chi connectivity index (χ0n) is 11.0. The van der Waals surface area contributed by atoms with Crippen LogP contribution in [0.1, 0.15) is 11.7 Å². The summed E-state index contributed by atoms with van der Waals surface area (Å²) in [6, 6.07) is 5.76. The van der Waals surface area contributed by atoms with E-state index in [0.717, 1.165) is 50.6 Å². The van der Waals surface area contributed by atoms with Gasteiger partial charge in [-0.25, -0.2) is 0 Å². The molecule has 0 bridgehead atoms. The molecule has 5 nitrogen and oxygen atoms in total. The molecule has 2 fully saturated rings. The Hall–Kier alpha value is -1.30. The van der Waals surface area contributed by atoms with Crippen LogP contribution in [0, 0.1) is 0 Å². The molecule has 19 heavy (non-hydrogen) atoms. The van der Waals surface area contributed by atoms with Crippen LogP contribution in [0.15, 0.2) is 18.2 Å². The van der Waals surface area contributed by atoms with E-state index in [2.05, 4.69) is 10.2 Å². The van der Waals surface area contributed by atoms with Crippen molar-refractivity contribution in [2.75, 3.05) is 50.9 Å². The number of ether oxygens (including phenoxy) is 2. The fourth-order valence-corrected chi connectivity index (χ4v) is 2.58. The molecule has 1 atom stereocenters. The summed E-state index contributed by atoms with van der Waals surface area (Å²) in [5, 5.41) is 13.3. The van der Waals surface area contributed by atoms with Crippen LogP contribution in [0.5, 0.6) is 5.75 Å². The Morgan fingerprint density at radius 3 is 2.79 bits per heavy atom. The zero-order valence-corrected chi connectivity index (χ0v) is 11.0. The van der Waals surface area contributed by atoms with Gasteiger partial charge in [-0.2, -0.15) is 0 Å². The van der Waals surface area contributed by atoms with Gasteiger partial charge in [0.25, 0.3) is 0 Å². The normalized spacial score (nSPS) is 24.4. The minimum Gasteiger partial charge on any atom is -0.508 e. The lowest BCUT2D eigenvalue weighted by molar-refractivity contribution is 0.0263. The Morgan fingerprint density at radius 2 is 2.05 bits per heavy atom. The number of phenols is 1. The SMILES string of the molecule is Oc1ccc(N2CCOCC2)cc1C1CNCCO1. The van der Waals surface area contributed by atoms with E-state index in [1.165, 1.54) is 0 Å². The molecule has 0 aromatic heterocycles. The van der Waals surface area contributed by atoms with Crippen LogP contribution < -0.4 is 10.2 Å². The highest BCUT2D eigenvalue weighted by Gasteiger charge is 2.21. The average molecular weight is 264 g/mol. The van der Waals surface area contributed by atoms with E-state index in [-0.39, 0.29) is 6.10 Å². The van der Waals surface area contributed by atoms with Gasteiger partial charge < -0.3 is 24.8 Å². The molecule has 104 valence electrons. The third-order valence-corrected chi connectivity index (χ3v) is 3.66. The summed E-state index contributed by atoms with van der Waals surface area (Å²) in [5.74, 6) is 0.311. The number of nitrogens with one attached hydrogen (secondary N) is 1. The summed E-state index contributed by atoms with van der Waals surface area (Å²) in [4.78, 5) is 2.28. The van der Waals surface area contributed by atoms with E-state index in [1.54, 1.807) is 6.07 Å². The number of morpholine rings is 2. The van der Waals surface area contributed by atoms with Crippen LogP contribution in [-0.4, -0.2) is 51.1 Å². The number of nitrogens with zero attached hydrogens (tertiary/aromatic N) is 1. The van der Waals surface area contributed by atoms with E-state index in [0.29, 0.717) is 12.4 Å². The van der Waals surface area contributed by atoms with Crippen LogP contribution in [0.3, 0.4) is 0 Å². The van der Waals surface area contributed by atoms with E-state index in [4.69, 9.17) is 9.47 Å². The minimum atomic E-state index is -0.0604. The first kappa shape index (κ1) is 12.7. The molecule has 0 amide bonds. The Morgan fingerprint density at radius 1 is 1.21 bits per heavy atom. The number of anilines is 1. The fourth-order valence-electron chi connectivity index (χ4n) is 2.58. The van der Waals surface area contributed by atoms with Gasteiger partial charge in [-0.3, -0.25) is 0 Å². The molecule has 2 N–H and O–H groups in total. The van der Waals surface area contributed by atoms with Crippen molar-refractivity contribution in [1.82, 2.24) is 5.32 Å². The first-order chi connectivity index (χ1) is 9.34. The molecule has 2 saturated heterocycles. The third-order valence-electron chi connectivity index (χ3n) is 3.66. The first-order valence-electron chi connectivity index (χ1n) is 6.82. The van der Waals surface area contributed by atoms with Crippen LogP contribution in [0.2, 0.25) is 0 Å². The number of rotatable bonds is 2. The van der Waals surface area contributed by atoms with Gasteiger partial charge in [-0.15, -0.1) is 0 Å². The van der Waals surface area contributed by atoms with E-state index in [1.807, 2.05) is 12.1 Å². The molecular formula is C14H20N2O3. The zero-order chi connectivity index (χ0) is 13.1. The molecule has 1 aromatic rings. The second-order valence-corrected chi connectivity index (χ2v) is 4.91. The smallest absolute Gasteiger partial charge is 0.121 e. The van der Waals surface area contributed by atoms with Gasteiger partial charge in [-0.05, 0) is 18.2 Å². The van der Waals surface area contributed by atoms with Crippen LogP contribution >= 0.6 is 0 Å². The van der Waals surface area contributed by atoms with E-state index < -0.39 is 0 Å². The van der Waals surface area contributed by atoms with Gasteiger partial charge in [0.05, 0.1) is 25.9 Å². The Balaban J connectivity index is 1.82. The lowest BCUT2D eigenvalue weighted by atomic mass is 10.1. The van der Waals surface area contributed by atoms with Gasteiger partial charge in [-0.1, -0.05) is 0 Å². The van der Waals surface area contributed by atoms with Gasteiger partial charge in [0.1, 0.15) is 5.75 Å². The van der Waals surface area contributed by atoms with Crippen molar-refractivity contribution in [2.24, 2.45) is 0 Å². The maximum atomic E-state index is 10.0. The van der Waals surface area contributed by atoms with E-state index in [9.17, 15) is 5.11 Å². The molecule has 0 radical (unpaired) electrons. The van der Waals surface area contributed by atoms with Crippen molar-refractivity contribution in [3.63, 3.8) is 0 Å². The van der Waals surface area contributed by atoms with Crippen molar-refractivity contribution in [3.05, 3.63) is 23.8 Å². The molecule has 0 spiro atoms. The van der Waals surface area contributed by atoms with Crippen molar-refractivity contribution in [3.8, 4) is 5.75 Å². The van der Waals surface area contributed by atoms with Crippen molar-refractivity contribution < 1.29 is 14.6 Å². The van der Waals surface area contributed by atoms with Gasteiger partial charge >= 0.3 is 0 Å².